The molecular formula is C24H44N8O8. The lowest BCUT2D eigenvalue weighted by molar-refractivity contribution is -0.143. The number of nitrogens with one attached hydrogen (secondary N) is 4. The molecule has 0 aliphatic rings. The largest absolute Gasteiger partial charge is 0.481 e. The van der Waals surface area contributed by atoms with Crippen molar-refractivity contribution in [3.63, 3.8) is 0 Å². The number of nitrogens with zero attached hydrogens (tertiary/aromatic N) is 1. The van der Waals surface area contributed by atoms with Crippen molar-refractivity contribution in [1.82, 2.24) is 21.3 Å². The third kappa shape index (κ3) is 13.7. The number of guanidine groups is 1. The van der Waals surface area contributed by atoms with Gasteiger partial charge in [-0.2, -0.15) is 0 Å². The lowest BCUT2D eigenvalue weighted by Gasteiger charge is -2.28. The molecule has 0 aliphatic carbocycles. The summed E-state index contributed by atoms with van der Waals surface area (Å²) in [6, 6.07) is -5.70. The fourth-order valence-corrected chi connectivity index (χ4v) is 3.41. The first-order chi connectivity index (χ1) is 18.5. The topological polar surface area (TPSA) is 281 Å². The monoisotopic (exact) mass is 572 g/mol. The molecule has 0 aromatic rings. The van der Waals surface area contributed by atoms with Gasteiger partial charge in [-0.1, -0.05) is 27.7 Å². The Bertz CT molecular complexity index is 936. The fraction of sp³-hybridized carbons (Fsp3) is 0.708. The second-order valence-corrected chi connectivity index (χ2v) is 10.1. The molecule has 0 saturated carbocycles. The van der Waals surface area contributed by atoms with Gasteiger partial charge in [-0.15, -0.1) is 0 Å². The number of rotatable bonds is 18. The summed E-state index contributed by atoms with van der Waals surface area (Å²) in [5, 5.41) is 28.0. The second kappa shape index (κ2) is 17.6. The van der Waals surface area contributed by atoms with Crippen molar-refractivity contribution in [2.24, 2.45) is 34.0 Å². The van der Waals surface area contributed by atoms with Gasteiger partial charge in [-0.3, -0.25) is 29.0 Å². The van der Waals surface area contributed by atoms with Crippen LogP contribution in [0.25, 0.3) is 0 Å². The highest BCUT2D eigenvalue weighted by atomic mass is 16.4. The van der Waals surface area contributed by atoms with Crippen LogP contribution in [0.2, 0.25) is 0 Å². The first kappa shape index (κ1) is 36.0. The Morgan fingerprint density at radius 3 is 1.68 bits per heavy atom. The predicted octanol–water partition coefficient (Wildman–Crippen LogP) is -2.41. The number of carbonyl (C=O) groups is 6. The van der Waals surface area contributed by atoms with Crippen LogP contribution in [0, 0.1) is 11.8 Å². The number of aliphatic carboxylic acids is 2. The maximum atomic E-state index is 13.1. The Labute approximate surface area is 233 Å². The number of nitrogens with two attached hydrogens (primary N) is 3. The quantitative estimate of drug-likeness (QED) is 0.0473. The third-order valence-corrected chi connectivity index (χ3v) is 5.81. The molecule has 0 radical (unpaired) electrons. The molecule has 0 fully saturated rings. The molecule has 16 heteroatoms. The minimum Gasteiger partial charge on any atom is -0.481 e. The van der Waals surface area contributed by atoms with E-state index in [4.69, 9.17) is 22.3 Å². The van der Waals surface area contributed by atoms with Crippen LogP contribution in [0.15, 0.2) is 4.99 Å². The van der Waals surface area contributed by atoms with Crippen LogP contribution < -0.4 is 38.5 Å². The zero-order chi connectivity index (χ0) is 31.2. The van der Waals surface area contributed by atoms with Crippen LogP contribution in [-0.2, 0) is 28.8 Å². The van der Waals surface area contributed by atoms with E-state index < -0.39 is 84.0 Å². The zero-order valence-corrected chi connectivity index (χ0v) is 23.6. The minimum atomic E-state index is -1.47. The molecule has 5 atom stereocenters. The van der Waals surface area contributed by atoms with E-state index >= 15 is 0 Å². The van der Waals surface area contributed by atoms with Crippen molar-refractivity contribution in [2.75, 3.05) is 6.54 Å². The van der Waals surface area contributed by atoms with E-state index in [-0.39, 0.29) is 18.8 Å². The van der Waals surface area contributed by atoms with Gasteiger partial charge in [0.1, 0.15) is 24.2 Å². The van der Waals surface area contributed by atoms with Gasteiger partial charge in [0.25, 0.3) is 0 Å². The van der Waals surface area contributed by atoms with Crippen molar-refractivity contribution in [3.05, 3.63) is 0 Å². The van der Waals surface area contributed by atoms with Crippen molar-refractivity contribution in [2.45, 2.75) is 90.5 Å². The summed E-state index contributed by atoms with van der Waals surface area (Å²) in [6.45, 7) is 8.28. The third-order valence-electron chi connectivity index (χ3n) is 5.81. The highest BCUT2D eigenvalue weighted by Crippen LogP contribution is 2.09. The average molecular weight is 573 g/mol. The molecule has 0 spiro atoms. The predicted molar refractivity (Wildman–Crippen MR) is 145 cm³/mol. The molecule has 0 unspecified atom stereocenters. The van der Waals surface area contributed by atoms with Crippen molar-refractivity contribution in [3.8, 4) is 0 Å². The standard InChI is InChI=1S/C24H44N8O8/c1-11(2)17(21(37)30-15(23(39)40)8-9-16(33)34)32-22(38)18(12(3)4)31-19(35)13(5)29-20(36)14(25)7-6-10-28-24(26)27/h11-15,17-18H,6-10,25H2,1-5H3,(H,29,36)(H,30,37)(H,31,35)(H,32,38)(H,33,34)(H,39,40)(H4,26,27,28)/t13-,14-,15-,17-,18-/m0/s1. The van der Waals surface area contributed by atoms with Gasteiger partial charge in [0.05, 0.1) is 6.04 Å². The normalized spacial score (nSPS) is 14.7. The number of amides is 4. The molecule has 0 bridgehead atoms. The van der Waals surface area contributed by atoms with Crippen molar-refractivity contribution in [1.29, 1.82) is 0 Å². The van der Waals surface area contributed by atoms with Gasteiger partial charge in [0.15, 0.2) is 5.96 Å². The summed E-state index contributed by atoms with van der Waals surface area (Å²) in [6.07, 6.45) is -0.107. The highest BCUT2D eigenvalue weighted by molar-refractivity contribution is 5.95. The Morgan fingerprint density at radius 1 is 0.725 bits per heavy atom. The SMILES string of the molecule is CC(C)[C@H](NC(=O)[C@H](C)NC(=O)[C@@H](N)CCCN=C(N)N)C(=O)N[C@H](C(=O)N[C@@H](CCC(=O)O)C(=O)O)C(C)C. The first-order valence-electron chi connectivity index (χ1n) is 12.9. The summed E-state index contributed by atoms with van der Waals surface area (Å²) >= 11 is 0. The van der Waals surface area contributed by atoms with Crippen LogP contribution in [0.5, 0.6) is 0 Å². The molecule has 40 heavy (non-hydrogen) atoms. The molecule has 16 nitrogen and oxygen atoms in total. The van der Waals surface area contributed by atoms with Crippen LogP contribution in [0.1, 0.15) is 60.3 Å². The van der Waals surface area contributed by atoms with E-state index in [2.05, 4.69) is 26.3 Å². The minimum absolute atomic E-state index is 0.0763. The lowest BCUT2D eigenvalue weighted by atomic mass is 9.99. The van der Waals surface area contributed by atoms with Crippen molar-refractivity contribution >= 4 is 41.5 Å². The number of hydrogen-bond acceptors (Lipinski definition) is 8. The van der Waals surface area contributed by atoms with Gasteiger partial charge < -0.3 is 48.7 Å². The number of carboxylic acid groups (broad SMARTS) is 2. The molecule has 0 saturated heterocycles. The fourth-order valence-electron chi connectivity index (χ4n) is 3.41. The molecule has 0 rings (SSSR count). The Balaban J connectivity index is 5.27. The number of hydrogen-bond donors (Lipinski definition) is 9. The first-order valence-corrected chi connectivity index (χ1v) is 12.9. The van der Waals surface area contributed by atoms with E-state index in [0.29, 0.717) is 13.0 Å². The van der Waals surface area contributed by atoms with E-state index in [9.17, 15) is 33.9 Å². The van der Waals surface area contributed by atoms with Gasteiger partial charge in [0, 0.05) is 13.0 Å². The van der Waals surface area contributed by atoms with E-state index in [1.54, 1.807) is 27.7 Å². The van der Waals surface area contributed by atoms with Crippen LogP contribution >= 0.6 is 0 Å². The highest BCUT2D eigenvalue weighted by Gasteiger charge is 2.33. The smallest absolute Gasteiger partial charge is 0.326 e. The summed E-state index contributed by atoms with van der Waals surface area (Å²) < 4.78 is 0. The van der Waals surface area contributed by atoms with Crippen LogP contribution in [-0.4, -0.2) is 88.5 Å². The van der Waals surface area contributed by atoms with Gasteiger partial charge in [-0.05, 0) is 38.0 Å². The summed E-state index contributed by atoms with van der Waals surface area (Å²) in [4.78, 5) is 77.1. The molecule has 228 valence electrons. The van der Waals surface area contributed by atoms with Crippen LogP contribution in [0.3, 0.4) is 0 Å². The molecule has 0 aromatic carbocycles. The Hall–Kier alpha value is -3.95. The molecule has 0 aliphatic heterocycles. The second-order valence-electron chi connectivity index (χ2n) is 10.1. The van der Waals surface area contributed by atoms with E-state index in [1.807, 2.05) is 0 Å². The summed E-state index contributed by atoms with van der Waals surface area (Å²) in [5.74, 6) is -6.39. The Morgan fingerprint density at radius 2 is 1.23 bits per heavy atom. The van der Waals surface area contributed by atoms with Gasteiger partial charge in [0.2, 0.25) is 23.6 Å². The summed E-state index contributed by atoms with van der Waals surface area (Å²) in [7, 11) is 0. The lowest BCUT2D eigenvalue weighted by Crippen LogP contribution is -2.60. The van der Waals surface area contributed by atoms with E-state index in [1.165, 1.54) is 6.92 Å². The number of aliphatic imine (C=N–C) groups is 1. The zero-order valence-electron chi connectivity index (χ0n) is 23.6. The van der Waals surface area contributed by atoms with Gasteiger partial charge >= 0.3 is 11.9 Å². The molecule has 12 N–H and O–H groups in total. The maximum Gasteiger partial charge on any atom is 0.326 e. The van der Waals surface area contributed by atoms with Crippen molar-refractivity contribution < 1.29 is 39.0 Å². The molecule has 0 aromatic heterocycles. The maximum absolute atomic E-state index is 13.1. The molecule has 0 heterocycles. The molecule has 4 amide bonds. The van der Waals surface area contributed by atoms with Gasteiger partial charge in [-0.25, -0.2) is 4.79 Å². The summed E-state index contributed by atoms with van der Waals surface area (Å²) in [5.41, 5.74) is 16.3. The number of carbonyl (C=O) groups excluding carboxylic acids is 4. The average Bonchev–Trinajstić information content (AvgIpc) is 2.84. The molecular weight excluding hydrogens is 528 g/mol. The number of carboxylic acids is 2. The van der Waals surface area contributed by atoms with Crippen LogP contribution in [0.4, 0.5) is 0 Å². The van der Waals surface area contributed by atoms with E-state index in [0.717, 1.165) is 0 Å². The Kier molecular flexibility index (Phi) is 15.9.